The van der Waals surface area contributed by atoms with Crippen LogP contribution in [0.3, 0.4) is 0 Å². The molecule has 0 spiro atoms. The van der Waals surface area contributed by atoms with E-state index < -0.39 is 10.0 Å². The summed E-state index contributed by atoms with van der Waals surface area (Å²) in [5, 5.41) is 0. The molecular formula is C11H15N3O3S. The number of nitrogens with zero attached hydrogens (tertiary/aromatic N) is 2. The number of aromatic nitrogens is 1. The van der Waals surface area contributed by atoms with Crippen molar-refractivity contribution >= 4 is 32.8 Å². The highest BCUT2D eigenvalue weighted by Crippen LogP contribution is 2.24. The zero-order chi connectivity index (χ0) is 13.3. The fourth-order valence-corrected chi connectivity index (χ4v) is 2.05. The van der Waals surface area contributed by atoms with Gasteiger partial charge in [0.1, 0.15) is 5.52 Å². The SMILES string of the molecule is CCS(=O)(=O)Nc1ccc2nc(N(C)C)oc2c1. The lowest BCUT2D eigenvalue weighted by Gasteiger charge is -2.04. The van der Waals surface area contributed by atoms with Crippen LogP contribution in [0.15, 0.2) is 22.6 Å². The first-order valence-corrected chi connectivity index (χ1v) is 7.15. The van der Waals surface area contributed by atoms with Gasteiger partial charge in [0.15, 0.2) is 5.58 Å². The summed E-state index contributed by atoms with van der Waals surface area (Å²) in [7, 11) is 0.376. The van der Waals surface area contributed by atoms with E-state index in [0.717, 1.165) is 0 Å². The van der Waals surface area contributed by atoms with E-state index in [-0.39, 0.29) is 5.75 Å². The summed E-state index contributed by atoms with van der Waals surface area (Å²) in [5.74, 6) is 0.0321. The quantitative estimate of drug-likeness (QED) is 0.913. The van der Waals surface area contributed by atoms with Gasteiger partial charge in [-0.2, -0.15) is 4.98 Å². The van der Waals surface area contributed by atoms with Gasteiger partial charge in [-0.3, -0.25) is 4.72 Å². The Bertz CT molecular complexity index is 661. The van der Waals surface area contributed by atoms with Gasteiger partial charge in [0.2, 0.25) is 10.0 Å². The normalized spacial score (nSPS) is 11.7. The van der Waals surface area contributed by atoms with Crippen molar-refractivity contribution in [1.29, 1.82) is 0 Å². The lowest BCUT2D eigenvalue weighted by atomic mass is 10.3. The molecule has 0 aliphatic heterocycles. The molecule has 7 heteroatoms. The molecule has 1 aromatic heterocycles. The Morgan fingerprint density at radius 3 is 2.72 bits per heavy atom. The number of rotatable bonds is 4. The van der Waals surface area contributed by atoms with Gasteiger partial charge in [-0.15, -0.1) is 0 Å². The molecule has 6 nitrogen and oxygen atoms in total. The second-order valence-corrected chi connectivity index (χ2v) is 6.09. The predicted molar refractivity (Wildman–Crippen MR) is 71.4 cm³/mol. The first-order chi connectivity index (χ1) is 8.41. The van der Waals surface area contributed by atoms with Crippen molar-refractivity contribution in [2.24, 2.45) is 0 Å². The average molecular weight is 269 g/mol. The van der Waals surface area contributed by atoms with Gasteiger partial charge in [-0.25, -0.2) is 8.42 Å². The van der Waals surface area contributed by atoms with Crippen LogP contribution >= 0.6 is 0 Å². The molecule has 0 atom stereocenters. The smallest absolute Gasteiger partial charge is 0.297 e. The molecule has 0 bridgehead atoms. The largest absolute Gasteiger partial charge is 0.423 e. The maximum Gasteiger partial charge on any atom is 0.297 e. The predicted octanol–water partition coefficient (Wildman–Crippen LogP) is 1.66. The van der Waals surface area contributed by atoms with Crippen LogP contribution in [0, 0.1) is 0 Å². The molecule has 0 saturated carbocycles. The first-order valence-electron chi connectivity index (χ1n) is 5.49. The van der Waals surface area contributed by atoms with Gasteiger partial charge in [-0.1, -0.05) is 0 Å². The van der Waals surface area contributed by atoms with Crippen LogP contribution in [0.4, 0.5) is 11.7 Å². The molecule has 0 amide bonds. The molecule has 0 aliphatic rings. The van der Waals surface area contributed by atoms with E-state index in [9.17, 15) is 8.42 Å². The van der Waals surface area contributed by atoms with Crippen LogP contribution in [0.25, 0.3) is 11.1 Å². The average Bonchev–Trinajstić information content (AvgIpc) is 2.71. The molecule has 0 aliphatic carbocycles. The second-order valence-electron chi connectivity index (χ2n) is 4.08. The molecule has 18 heavy (non-hydrogen) atoms. The summed E-state index contributed by atoms with van der Waals surface area (Å²) in [4.78, 5) is 6.00. The third-order valence-electron chi connectivity index (χ3n) is 2.41. The Morgan fingerprint density at radius 1 is 1.39 bits per heavy atom. The summed E-state index contributed by atoms with van der Waals surface area (Å²) in [6, 6.07) is 5.50. The Balaban J connectivity index is 2.38. The lowest BCUT2D eigenvalue weighted by molar-refractivity contribution is 0.597. The number of sulfonamides is 1. The maximum absolute atomic E-state index is 11.5. The van der Waals surface area contributed by atoms with Crippen molar-refractivity contribution in [3.8, 4) is 0 Å². The fraction of sp³-hybridized carbons (Fsp3) is 0.364. The van der Waals surface area contributed by atoms with E-state index in [1.54, 1.807) is 30.0 Å². The summed E-state index contributed by atoms with van der Waals surface area (Å²) in [5.41, 5.74) is 1.72. The van der Waals surface area contributed by atoms with Crippen molar-refractivity contribution in [3.63, 3.8) is 0 Å². The molecular weight excluding hydrogens is 254 g/mol. The Kier molecular flexibility index (Phi) is 3.16. The maximum atomic E-state index is 11.5. The molecule has 98 valence electrons. The fourth-order valence-electron chi connectivity index (χ4n) is 1.42. The summed E-state index contributed by atoms with van der Waals surface area (Å²) < 4.78 is 30.9. The third-order valence-corrected chi connectivity index (χ3v) is 3.72. The minimum absolute atomic E-state index is 0.0321. The highest BCUT2D eigenvalue weighted by atomic mass is 32.2. The molecule has 0 saturated heterocycles. The number of anilines is 2. The zero-order valence-corrected chi connectivity index (χ0v) is 11.3. The van der Waals surface area contributed by atoms with Crippen molar-refractivity contribution in [3.05, 3.63) is 18.2 Å². The van der Waals surface area contributed by atoms with Crippen molar-refractivity contribution in [2.75, 3.05) is 29.5 Å². The first kappa shape index (κ1) is 12.7. The number of benzene rings is 1. The van der Waals surface area contributed by atoms with Crippen molar-refractivity contribution in [1.82, 2.24) is 4.98 Å². The molecule has 0 radical (unpaired) electrons. The minimum atomic E-state index is -3.27. The van der Waals surface area contributed by atoms with Crippen LogP contribution in [0.1, 0.15) is 6.92 Å². The Labute approximate surface area is 106 Å². The third kappa shape index (κ3) is 2.56. The van der Waals surface area contributed by atoms with E-state index in [4.69, 9.17) is 4.42 Å². The summed E-state index contributed by atoms with van der Waals surface area (Å²) in [6.07, 6.45) is 0. The van der Waals surface area contributed by atoms with Gasteiger partial charge < -0.3 is 9.32 Å². The number of oxazole rings is 1. The minimum Gasteiger partial charge on any atom is -0.423 e. The van der Waals surface area contributed by atoms with Crippen molar-refractivity contribution in [2.45, 2.75) is 6.92 Å². The van der Waals surface area contributed by atoms with Gasteiger partial charge in [0.05, 0.1) is 11.4 Å². The number of fused-ring (bicyclic) bond motifs is 1. The van der Waals surface area contributed by atoms with Crippen LogP contribution < -0.4 is 9.62 Å². The zero-order valence-electron chi connectivity index (χ0n) is 10.5. The highest BCUT2D eigenvalue weighted by molar-refractivity contribution is 7.92. The molecule has 1 N–H and O–H groups in total. The van der Waals surface area contributed by atoms with E-state index in [0.29, 0.717) is 22.8 Å². The standard InChI is InChI=1S/C11H15N3O3S/c1-4-18(15,16)13-8-5-6-9-10(7-8)17-11(12-9)14(2)3/h5-7,13H,4H2,1-3H3. The van der Waals surface area contributed by atoms with Crippen LogP contribution in [-0.2, 0) is 10.0 Å². The van der Waals surface area contributed by atoms with E-state index in [1.807, 2.05) is 14.1 Å². The molecule has 0 unspecified atom stereocenters. The topological polar surface area (TPSA) is 75.4 Å². The molecule has 2 aromatic rings. The summed E-state index contributed by atoms with van der Waals surface area (Å²) in [6.45, 7) is 1.58. The van der Waals surface area contributed by atoms with Crippen LogP contribution in [0.5, 0.6) is 0 Å². The molecule has 0 fully saturated rings. The number of hydrogen-bond acceptors (Lipinski definition) is 5. The van der Waals surface area contributed by atoms with Crippen LogP contribution in [0.2, 0.25) is 0 Å². The van der Waals surface area contributed by atoms with Gasteiger partial charge in [0.25, 0.3) is 6.01 Å². The van der Waals surface area contributed by atoms with Gasteiger partial charge in [0, 0.05) is 20.2 Å². The second kappa shape index (κ2) is 4.49. The van der Waals surface area contributed by atoms with E-state index in [2.05, 4.69) is 9.71 Å². The molecule has 1 heterocycles. The van der Waals surface area contributed by atoms with Gasteiger partial charge in [-0.05, 0) is 19.1 Å². The van der Waals surface area contributed by atoms with E-state index in [1.165, 1.54) is 0 Å². The van der Waals surface area contributed by atoms with Crippen LogP contribution in [-0.4, -0.2) is 33.2 Å². The summed E-state index contributed by atoms with van der Waals surface area (Å²) >= 11 is 0. The van der Waals surface area contributed by atoms with E-state index >= 15 is 0 Å². The number of hydrogen-bond donors (Lipinski definition) is 1. The number of nitrogens with one attached hydrogen (secondary N) is 1. The Hall–Kier alpha value is -1.76. The highest BCUT2D eigenvalue weighted by Gasteiger charge is 2.11. The monoisotopic (exact) mass is 269 g/mol. The molecule has 2 rings (SSSR count). The van der Waals surface area contributed by atoms with Gasteiger partial charge >= 0.3 is 0 Å². The lowest BCUT2D eigenvalue weighted by Crippen LogP contribution is -2.14. The molecule has 1 aromatic carbocycles. The van der Waals surface area contributed by atoms with Crippen molar-refractivity contribution < 1.29 is 12.8 Å². The Morgan fingerprint density at radius 2 is 2.11 bits per heavy atom.